The maximum Gasteiger partial charge on any atom is 0.434 e. The van der Waals surface area contributed by atoms with Crippen LogP contribution in [0.2, 0.25) is 0 Å². The monoisotopic (exact) mass is 521 g/mol. The molecule has 1 aliphatic rings. The Bertz CT molecular complexity index is 564. The lowest BCUT2D eigenvalue weighted by atomic mass is 10.3. The number of hydrogen-bond acceptors (Lipinski definition) is 5. The van der Waals surface area contributed by atoms with Crippen LogP contribution in [-0.4, -0.2) is 68.8 Å². The number of aliphatic imine (C=N–C) groups is 1. The smallest absolute Gasteiger partial charge is 0.379 e. The van der Waals surface area contributed by atoms with Crippen LogP contribution in [0.5, 0.6) is 0 Å². The molecule has 0 amide bonds. The highest BCUT2D eigenvalue weighted by atomic mass is 127. The number of ether oxygens (including phenoxy) is 1. The predicted octanol–water partition coefficient (Wildman–Crippen LogP) is 2.60. The summed E-state index contributed by atoms with van der Waals surface area (Å²) in [6.07, 6.45) is -1.82. The topological polar surface area (TPSA) is 61.8 Å². The number of guanidine groups is 1. The van der Waals surface area contributed by atoms with Gasteiger partial charge in [-0.1, -0.05) is 0 Å². The predicted molar refractivity (Wildman–Crippen MR) is 112 cm³/mol. The molecule has 1 saturated heterocycles. The highest BCUT2D eigenvalue weighted by molar-refractivity contribution is 14.0. The number of halogens is 4. The van der Waals surface area contributed by atoms with Gasteiger partial charge in [-0.15, -0.1) is 35.3 Å². The lowest BCUT2D eigenvalue weighted by Crippen LogP contribution is -2.39. The molecule has 6 nitrogen and oxygen atoms in total. The number of nitrogens with zero attached hydrogens (tertiary/aromatic N) is 3. The number of unbranched alkanes of at least 4 members (excludes halogenated alkanes) is 1. The molecular weight excluding hydrogens is 494 g/mol. The quantitative estimate of drug-likeness (QED) is 0.239. The van der Waals surface area contributed by atoms with Crippen LogP contribution in [-0.2, 0) is 17.3 Å². The van der Waals surface area contributed by atoms with Gasteiger partial charge in [0.15, 0.2) is 11.7 Å². The molecule has 156 valence electrons. The van der Waals surface area contributed by atoms with Crippen molar-refractivity contribution in [3.8, 4) is 0 Å². The molecule has 2 heterocycles. The van der Waals surface area contributed by atoms with Crippen molar-refractivity contribution in [3.63, 3.8) is 0 Å². The number of aromatic nitrogens is 1. The van der Waals surface area contributed by atoms with Gasteiger partial charge in [0.2, 0.25) is 0 Å². The van der Waals surface area contributed by atoms with Gasteiger partial charge >= 0.3 is 6.18 Å². The number of hydrogen-bond donors (Lipinski definition) is 2. The van der Waals surface area contributed by atoms with Crippen LogP contribution >= 0.6 is 35.3 Å². The van der Waals surface area contributed by atoms with Gasteiger partial charge in [0.1, 0.15) is 0 Å². The standard InChI is InChI=1S/C16H26F3N5OS.HI/c1-20-15(21-5-2-3-7-24-8-10-25-11-9-24)22-6-4-14-23-13(12-26-14)16(17,18)19;/h12H,2-11H2,1H3,(H2,20,21,22);1H. The maximum absolute atomic E-state index is 12.5. The molecule has 0 bridgehead atoms. The van der Waals surface area contributed by atoms with E-state index in [1.54, 1.807) is 7.05 Å². The van der Waals surface area contributed by atoms with Crippen molar-refractivity contribution in [1.29, 1.82) is 0 Å². The van der Waals surface area contributed by atoms with Gasteiger partial charge < -0.3 is 15.4 Å². The number of rotatable bonds is 8. The van der Waals surface area contributed by atoms with Crippen molar-refractivity contribution in [3.05, 3.63) is 16.1 Å². The maximum atomic E-state index is 12.5. The second-order valence-electron chi connectivity index (χ2n) is 5.96. The fourth-order valence-corrected chi connectivity index (χ4v) is 3.36. The lowest BCUT2D eigenvalue weighted by Gasteiger charge is -2.26. The molecule has 0 saturated carbocycles. The van der Waals surface area contributed by atoms with Crippen LogP contribution in [0, 0.1) is 0 Å². The highest BCUT2D eigenvalue weighted by Crippen LogP contribution is 2.29. The number of alkyl halides is 3. The normalized spacial score (nSPS) is 16.1. The molecule has 2 N–H and O–H groups in total. The SMILES string of the molecule is CN=C(NCCCCN1CCOCC1)NCCc1nc(C(F)(F)F)cs1.I. The minimum Gasteiger partial charge on any atom is -0.379 e. The Morgan fingerprint density at radius 3 is 2.59 bits per heavy atom. The molecule has 0 atom stereocenters. The van der Waals surface area contributed by atoms with E-state index in [4.69, 9.17) is 4.74 Å². The molecule has 0 aliphatic carbocycles. The zero-order valence-electron chi connectivity index (χ0n) is 15.3. The molecule has 27 heavy (non-hydrogen) atoms. The summed E-state index contributed by atoms with van der Waals surface area (Å²) in [7, 11) is 1.67. The molecule has 0 unspecified atom stereocenters. The summed E-state index contributed by atoms with van der Waals surface area (Å²) < 4.78 is 42.9. The van der Waals surface area contributed by atoms with Crippen molar-refractivity contribution in [2.24, 2.45) is 4.99 Å². The zero-order chi connectivity index (χ0) is 18.8. The minimum absolute atomic E-state index is 0. The fraction of sp³-hybridized carbons (Fsp3) is 0.750. The lowest BCUT2D eigenvalue weighted by molar-refractivity contribution is -0.140. The molecule has 1 aliphatic heterocycles. The summed E-state index contributed by atoms with van der Waals surface area (Å²) in [5, 5.41) is 7.84. The third-order valence-electron chi connectivity index (χ3n) is 3.99. The second kappa shape index (κ2) is 12.7. The van der Waals surface area contributed by atoms with Gasteiger partial charge in [0, 0.05) is 45.0 Å². The van der Waals surface area contributed by atoms with E-state index in [0.717, 1.165) is 69.0 Å². The van der Waals surface area contributed by atoms with Crippen LogP contribution < -0.4 is 10.6 Å². The first-order chi connectivity index (χ1) is 12.5. The highest BCUT2D eigenvalue weighted by Gasteiger charge is 2.33. The van der Waals surface area contributed by atoms with Crippen molar-refractivity contribution < 1.29 is 17.9 Å². The molecule has 0 aromatic carbocycles. The Morgan fingerprint density at radius 1 is 1.26 bits per heavy atom. The molecule has 1 aromatic rings. The van der Waals surface area contributed by atoms with Crippen molar-refractivity contribution >= 4 is 41.3 Å². The average Bonchev–Trinajstić information content (AvgIpc) is 3.10. The zero-order valence-corrected chi connectivity index (χ0v) is 18.5. The molecular formula is C16H27F3IN5OS. The van der Waals surface area contributed by atoms with E-state index in [0.29, 0.717) is 23.9 Å². The summed E-state index contributed by atoms with van der Waals surface area (Å²) in [5.74, 6) is 0.656. The number of thiazole rings is 1. The molecule has 0 radical (unpaired) electrons. The first kappa shape index (κ1) is 24.4. The van der Waals surface area contributed by atoms with E-state index in [1.807, 2.05) is 0 Å². The number of morpholine rings is 1. The first-order valence-electron chi connectivity index (χ1n) is 8.75. The summed E-state index contributed by atoms with van der Waals surface area (Å²) >= 11 is 1.03. The van der Waals surface area contributed by atoms with Gasteiger partial charge in [-0.3, -0.25) is 9.89 Å². The van der Waals surface area contributed by atoms with E-state index < -0.39 is 11.9 Å². The van der Waals surface area contributed by atoms with Crippen LogP contribution in [0.1, 0.15) is 23.5 Å². The van der Waals surface area contributed by atoms with Gasteiger partial charge in [-0.25, -0.2) is 4.98 Å². The van der Waals surface area contributed by atoms with Gasteiger partial charge in [0.05, 0.1) is 18.2 Å². The van der Waals surface area contributed by atoms with Gasteiger partial charge in [-0.05, 0) is 19.4 Å². The Kier molecular flexibility index (Phi) is 11.5. The summed E-state index contributed by atoms with van der Waals surface area (Å²) in [6.45, 7) is 6.00. The Morgan fingerprint density at radius 2 is 1.96 bits per heavy atom. The van der Waals surface area contributed by atoms with Crippen LogP contribution in [0.4, 0.5) is 13.2 Å². The molecule has 11 heteroatoms. The Labute approximate surface area is 179 Å². The second-order valence-corrected chi connectivity index (χ2v) is 6.90. The molecule has 1 aromatic heterocycles. The van der Waals surface area contributed by atoms with Crippen LogP contribution in [0.3, 0.4) is 0 Å². The molecule has 1 fully saturated rings. The largest absolute Gasteiger partial charge is 0.434 e. The third-order valence-corrected chi connectivity index (χ3v) is 4.90. The van der Waals surface area contributed by atoms with E-state index in [1.165, 1.54) is 0 Å². The van der Waals surface area contributed by atoms with Crippen molar-refractivity contribution in [2.45, 2.75) is 25.4 Å². The van der Waals surface area contributed by atoms with E-state index in [9.17, 15) is 13.2 Å². The Balaban J connectivity index is 0.00000364. The molecule has 0 spiro atoms. The van der Waals surface area contributed by atoms with E-state index in [-0.39, 0.29) is 24.0 Å². The Hall–Kier alpha value is -0.660. The van der Waals surface area contributed by atoms with Crippen LogP contribution in [0.25, 0.3) is 0 Å². The van der Waals surface area contributed by atoms with Gasteiger partial charge in [0.25, 0.3) is 0 Å². The number of nitrogens with one attached hydrogen (secondary N) is 2. The third kappa shape index (κ3) is 9.39. The first-order valence-corrected chi connectivity index (χ1v) is 9.63. The van der Waals surface area contributed by atoms with E-state index >= 15 is 0 Å². The summed E-state index contributed by atoms with van der Waals surface area (Å²) in [4.78, 5) is 10.1. The van der Waals surface area contributed by atoms with Gasteiger partial charge in [-0.2, -0.15) is 13.2 Å². The summed E-state index contributed by atoms with van der Waals surface area (Å²) in [6, 6.07) is 0. The summed E-state index contributed by atoms with van der Waals surface area (Å²) in [5.41, 5.74) is -0.819. The van der Waals surface area contributed by atoms with Crippen molar-refractivity contribution in [2.75, 3.05) is 53.0 Å². The molecule has 2 rings (SSSR count). The van der Waals surface area contributed by atoms with Crippen LogP contribution in [0.15, 0.2) is 10.4 Å². The van der Waals surface area contributed by atoms with Crippen molar-refractivity contribution in [1.82, 2.24) is 20.5 Å². The minimum atomic E-state index is -4.37. The van der Waals surface area contributed by atoms with E-state index in [2.05, 4.69) is 25.5 Å². The average molecular weight is 521 g/mol. The fourth-order valence-electron chi connectivity index (χ4n) is 2.56.